The van der Waals surface area contributed by atoms with Crippen molar-refractivity contribution in [3.63, 3.8) is 0 Å². The van der Waals surface area contributed by atoms with Crippen molar-refractivity contribution in [2.75, 3.05) is 46.5 Å². The third-order valence-electron chi connectivity index (χ3n) is 6.05. The van der Waals surface area contributed by atoms with E-state index in [9.17, 15) is 0 Å². The molecule has 1 aliphatic carbocycles. The van der Waals surface area contributed by atoms with E-state index in [1.165, 1.54) is 64.5 Å². The van der Waals surface area contributed by atoms with Crippen LogP contribution in [0.2, 0.25) is 0 Å². The maximum atomic E-state index is 5.71. The van der Waals surface area contributed by atoms with E-state index in [-0.39, 0.29) is 24.0 Å². The van der Waals surface area contributed by atoms with E-state index in [1.54, 1.807) is 0 Å². The van der Waals surface area contributed by atoms with Crippen LogP contribution in [-0.2, 0) is 9.47 Å². The number of piperidine rings is 1. The monoisotopic (exact) mass is 494 g/mol. The molecule has 0 amide bonds. The van der Waals surface area contributed by atoms with Gasteiger partial charge in [0.05, 0.1) is 19.3 Å². The van der Waals surface area contributed by atoms with Crippen LogP contribution in [-0.4, -0.2) is 75.5 Å². The lowest BCUT2D eigenvalue weighted by Crippen LogP contribution is -2.51. The summed E-state index contributed by atoms with van der Waals surface area (Å²) in [6.45, 7) is 5.54. The number of halogens is 1. The second-order valence-electron chi connectivity index (χ2n) is 7.96. The van der Waals surface area contributed by atoms with Crippen LogP contribution in [0.4, 0.5) is 0 Å². The molecule has 0 spiro atoms. The summed E-state index contributed by atoms with van der Waals surface area (Å²) in [5.74, 6) is 0.904. The minimum Gasteiger partial charge on any atom is -0.377 e. The Hall–Kier alpha value is -0.120. The zero-order valence-electron chi connectivity index (χ0n) is 17.0. The molecule has 0 radical (unpaired) electrons. The predicted octanol–water partition coefficient (Wildman–Crippen LogP) is 2.76. The maximum absolute atomic E-state index is 5.71. The summed E-state index contributed by atoms with van der Waals surface area (Å²) in [7, 11) is 1.85. The number of nitrogens with zero attached hydrogens (tertiary/aromatic N) is 2. The van der Waals surface area contributed by atoms with Gasteiger partial charge in [-0.2, -0.15) is 0 Å². The van der Waals surface area contributed by atoms with Crippen LogP contribution >= 0.6 is 24.0 Å². The van der Waals surface area contributed by atoms with Crippen LogP contribution in [0.5, 0.6) is 0 Å². The number of nitrogens with one attached hydrogen (secondary N) is 2. The quantitative estimate of drug-likeness (QED) is 0.247. The first-order valence-corrected chi connectivity index (χ1v) is 10.8. The maximum Gasteiger partial charge on any atom is 0.191 e. The van der Waals surface area contributed by atoms with Gasteiger partial charge in [-0.25, -0.2) is 0 Å². The molecule has 27 heavy (non-hydrogen) atoms. The number of hydrogen-bond acceptors (Lipinski definition) is 4. The number of aliphatic imine (C=N–C) groups is 1. The molecule has 158 valence electrons. The van der Waals surface area contributed by atoms with Gasteiger partial charge in [-0.3, -0.25) is 4.99 Å². The summed E-state index contributed by atoms with van der Waals surface area (Å²) in [5.41, 5.74) is 0. The summed E-state index contributed by atoms with van der Waals surface area (Å²) in [6, 6.07) is 1.39. The van der Waals surface area contributed by atoms with Gasteiger partial charge in [0.1, 0.15) is 0 Å². The van der Waals surface area contributed by atoms with E-state index in [0.29, 0.717) is 25.4 Å². The lowest BCUT2D eigenvalue weighted by atomic mass is 9.92. The zero-order valence-corrected chi connectivity index (χ0v) is 19.3. The zero-order chi connectivity index (χ0) is 18.0. The molecular weight excluding hydrogens is 455 g/mol. The van der Waals surface area contributed by atoms with E-state index in [0.717, 1.165) is 31.6 Å². The van der Waals surface area contributed by atoms with Crippen LogP contribution < -0.4 is 10.6 Å². The van der Waals surface area contributed by atoms with Gasteiger partial charge in [0.2, 0.25) is 0 Å². The van der Waals surface area contributed by atoms with Crippen molar-refractivity contribution in [1.29, 1.82) is 0 Å². The fourth-order valence-electron chi connectivity index (χ4n) is 4.48. The minimum absolute atomic E-state index is 0. The lowest BCUT2D eigenvalue weighted by molar-refractivity contribution is 0.0191. The van der Waals surface area contributed by atoms with E-state index < -0.39 is 0 Å². The SMILES string of the molecule is CN=C(NCCOCC1CCCO1)NC1CCN(C2CCCCC2)CC1.I. The van der Waals surface area contributed by atoms with Crippen molar-refractivity contribution >= 4 is 29.9 Å². The van der Waals surface area contributed by atoms with Gasteiger partial charge >= 0.3 is 0 Å². The molecule has 1 atom stereocenters. The largest absolute Gasteiger partial charge is 0.377 e. The molecule has 2 N–H and O–H groups in total. The first kappa shape index (κ1) is 23.2. The van der Waals surface area contributed by atoms with Gasteiger partial charge < -0.3 is 25.0 Å². The topological polar surface area (TPSA) is 58.1 Å². The summed E-state index contributed by atoms with van der Waals surface area (Å²) in [4.78, 5) is 7.10. The standard InChI is InChI=1S/C20H38N4O2.HI/c1-21-20(22-11-15-25-16-19-8-5-14-26-19)23-17-9-12-24(13-10-17)18-6-3-2-4-7-18;/h17-19H,2-16H2,1H3,(H2,21,22,23);1H. The van der Waals surface area contributed by atoms with Crippen LogP contribution in [0.25, 0.3) is 0 Å². The molecule has 2 aliphatic heterocycles. The summed E-state index contributed by atoms with van der Waals surface area (Å²) >= 11 is 0. The Balaban J connectivity index is 0.00000261. The first-order valence-electron chi connectivity index (χ1n) is 10.8. The van der Waals surface area contributed by atoms with Gasteiger partial charge in [-0.1, -0.05) is 19.3 Å². The summed E-state index contributed by atoms with van der Waals surface area (Å²) < 4.78 is 11.3. The smallest absolute Gasteiger partial charge is 0.191 e. The minimum atomic E-state index is 0. The Morgan fingerprint density at radius 3 is 2.52 bits per heavy atom. The molecular formula is C20H39IN4O2. The van der Waals surface area contributed by atoms with E-state index >= 15 is 0 Å². The fraction of sp³-hybridized carbons (Fsp3) is 0.950. The van der Waals surface area contributed by atoms with E-state index in [4.69, 9.17) is 9.47 Å². The second kappa shape index (κ2) is 13.2. The Morgan fingerprint density at radius 2 is 1.85 bits per heavy atom. The van der Waals surface area contributed by atoms with Crippen LogP contribution in [0.3, 0.4) is 0 Å². The van der Waals surface area contributed by atoms with Gasteiger partial charge in [0, 0.05) is 45.4 Å². The summed E-state index contributed by atoms with van der Waals surface area (Å²) in [5, 5.41) is 6.97. The average molecular weight is 494 g/mol. The van der Waals surface area contributed by atoms with Gasteiger partial charge in [0.15, 0.2) is 5.96 Å². The van der Waals surface area contributed by atoms with Gasteiger partial charge in [-0.05, 0) is 38.5 Å². The molecule has 1 unspecified atom stereocenters. The van der Waals surface area contributed by atoms with Crippen molar-refractivity contribution in [1.82, 2.24) is 15.5 Å². The molecule has 7 heteroatoms. The highest BCUT2D eigenvalue weighted by molar-refractivity contribution is 14.0. The molecule has 0 aromatic carbocycles. The molecule has 3 fully saturated rings. The highest BCUT2D eigenvalue weighted by atomic mass is 127. The molecule has 2 saturated heterocycles. The van der Waals surface area contributed by atoms with Crippen LogP contribution in [0.15, 0.2) is 4.99 Å². The van der Waals surface area contributed by atoms with Crippen LogP contribution in [0.1, 0.15) is 57.8 Å². The third-order valence-corrected chi connectivity index (χ3v) is 6.05. The highest BCUT2D eigenvalue weighted by Crippen LogP contribution is 2.25. The Kier molecular flexibility index (Phi) is 11.3. The molecule has 0 bridgehead atoms. The number of ether oxygens (including phenoxy) is 2. The molecule has 0 aromatic rings. The lowest BCUT2D eigenvalue weighted by Gasteiger charge is -2.39. The first-order chi connectivity index (χ1) is 12.8. The Morgan fingerprint density at radius 1 is 1.07 bits per heavy atom. The molecule has 0 aromatic heterocycles. The Bertz CT molecular complexity index is 418. The van der Waals surface area contributed by atoms with Crippen LogP contribution in [0, 0.1) is 0 Å². The highest BCUT2D eigenvalue weighted by Gasteiger charge is 2.26. The van der Waals surface area contributed by atoms with Crippen molar-refractivity contribution in [2.45, 2.75) is 76.0 Å². The fourth-order valence-corrected chi connectivity index (χ4v) is 4.48. The second-order valence-corrected chi connectivity index (χ2v) is 7.96. The third kappa shape index (κ3) is 8.03. The van der Waals surface area contributed by atoms with Crippen molar-refractivity contribution in [2.24, 2.45) is 4.99 Å². The van der Waals surface area contributed by atoms with Gasteiger partial charge in [-0.15, -0.1) is 24.0 Å². The molecule has 1 saturated carbocycles. The van der Waals surface area contributed by atoms with Crippen molar-refractivity contribution in [3.05, 3.63) is 0 Å². The number of guanidine groups is 1. The molecule has 6 nitrogen and oxygen atoms in total. The van der Waals surface area contributed by atoms with E-state index in [2.05, 4.69) is 20.5 Å². The van der Waals surface area contributed by atoms with E-state index in [1.807, 2.05) is 7.05 Å². The normalized spacial score (nSPS) is 26.0. The number of hydrogen-bond donors (Lipinski definition) is 2. The summed E-state index contributed by atoms with van der Waals surface area (Å²) in [6.07, 6.45) is 12.1. The number of likely N-dealkylation sites (tertiary alicyclic amines) is 1. The molecule has 3 rings (SSSR count). The molecule has 3 aliphatic rings. The van der Waals surface area contributed by atoms with Gasteiger partial charge in [0.25, 0.3) is 0 Å². The van der Waals surface area contributed by atoms with Crippen molar-refractivity contribution < 1.29 is 9.47 Å². The average Bonchev–Trinajstić information content (AvgIpc) is 3.21. The number of rotatable bonds is 7. The Labute approximate surface area is 182 Å². The molecule has 2 heterocycles. The predicted molar refractivity (Wildman–Crippen MR) is 121 cm³/mol. The van der Waals surface area contributed by atoms with Crippen molar-refractivity contribution in [3.8, 4) is 0 Å².